The molecular formula is C20H17ClF3NO3S2. The smallest absolute Gasteiger partial charge is 0.466 e. The standard InChI is InChI=1S/C20H17ClF3NO3S2/c1-2-27-17(26)10-16-19(29)25-14-8-7-11(21)9-13(14)18(30-16)12-5-3-4-6-15(12)28-20(22,23)24/h3-9,16,18H,2,10H2,1H3,(H,25,29)/t16-,18-/m0/s1. The van der Waals surface area contributed by atoms with Crippen LogP contribution in [0.15, 0.2) is 42.5 Å². The lowest BCUT2D eigenvalue weighted by Gasteiger charge is -2.23. The summed E-state index contributed by atoms with van der Waals surface area (Å²) in [6, 6.07) is 10.9. The highest BCUT2D eigenvalue weighted by Crippen LogP contribution is 2.49. The topological polar surface area (TPSA) is 47.6 Å². The summed E-state index contributed by atoms with van der Waals surface area (Å²) in [4.78, 5) is 12.5. The fraction of sp³-hybridized carbons (Fsp3) is 0.300. The highest BCUT2D eigenvalue weighted by molar-refractivity contribution is 8.02. The van der Waals surface area contributed by atoms with E-state index in [1.807, 2.05) is 0 Å². The number of hydrogen-bond donors (Lipinski definition) is 1. The lowest BCUT2D eigenvalue weighted by molar-refractivity contribution is -0.274. The van der Waals surface area contributed by atoms with Crippen molar-refractivity contribution in [2.75, 3.05) is 11.9 Å². The zero-order valence-electron chi connectivity index (χ0n) is 15.7. The van der Waals surface area contributed by atoms with Crippen LogP contribution >= 0.6 is 35.6 Å². The number of halogens is 4. The van der Waals surface area contributed by atoms with Gasteiger partial charge in [0.2, 0.25) is 0 Å². The van der Waals surface area contributed by atoms with Crippen LogP contribution in [0.4, 0.5) is 18.9 Å². The number of hydrogen-bond acceptors (Lipinski definition) is 5. The van der Waals surface area contributed by atoms with Gasteiger partial charge in [-0.15, -0.1) is 24.9 Å². The summed E-state index contributed by atoms with van der Waals surface area (Å²) in [5, 5.41) is 2.38. The van der Waals surface area contributed by atoms with Gasteiger partial charge in [-0.3, -0.25) is 4.79 Å². The molecule has 3 rings (SSSR count). The van der Waals surface area contributed by atoms with Crippen LogP contribution in [0.25, 0.3) is 0 Å². The van der Waals surface area contributed by atoms with Gasteiger partial charge in [-0.2, -0.15) is 0 Å². The van der Waals surface area contributed by atoms with E-state index in [0.717, 1.165) is 0 Å². The van der Waals surface area contributed by atoms with E-state index in [2.05, 4.69) is 10.1 Å². The van der Waals surface area contributed by atoms with Gasteiger partial charge in [0.1, 0.15) is 5.75 Å². The Morgan fingerprint density at radius 2 is 1.97 bits per heavy atom. The molecule has 0 aromatic heterocycles. The number of fused-ring (bicyclic) bond motifs is 1. The van der Waals surface area contributed by atoms with Crippen molar-refractivity contribution in [1.29, 1.82) is 0 Å². The van der Waals surface area contributed by atoms with Crippen LogP contribution < -0.4 is 10.1 Å². The zero-order chi connectivity index (χ0) is 21.9. The number of para-hydroxylation sites is 1. The van der Waals surface area contributed by atoms with E-state index in [1.165, 1.54) is 23.9 Å². The fourth-order valence-corrected chi connectivity index (χ4v) is 5.01. The van der Waals surface area contributed by atoms with E-state index in [4.69, 9.17) is 28.6 Å². The molecule has 1 aliphatic heterocycles. The molecule has 0 radical (unpaired) electrons. The Morgan fingerprint density at radius 3 is 2.67 bits per heavy atom. The monoisotopic (exact) mass is 475 g/mol. The van der Waals surface area contributed by atoms with Crippen LogP contribution in [0.3, 0.4) is 0 Å². The molecule has 1 heterocycles. The number of alkyl halides is 3. The van der Waals surface area contributed by atoms with Gasteiger partial charge in [-0.25, -0.2) is 0 Å². The molecular weight excluding hydrogens is 459 g/mol. The maximum Gasteiger partial charge on any atom is 0.573 e. The average Bonchev–Trinajstić information content (AvgIpc) is 2.78. The molecule has 30 heavy (non-hydrogen) atoms. The van der Waals surface area contributed by atoms with Crippen molar-refractivity contribution in [3.63, 3.8) is 0 Å². The molecule has 2 aromatic carbocycles. The number of esters is 1. The molecule has 0 fully saturated rings. The lowest BCUT2D eigenvalue weighted by Crippen LogP contribution is -2.26. The number of carbonyl (C=O) groups excluding carboxylic acids is 1. The number of nitrogens with one attached hydrogen (secondary N) is 1. The zero-order valence-corrected chi connectivity index (χ0v) is 18.1. The third-order valence-corrected chi connectivity index (χ3v) is 6.51. The Bertz CT molecular complexity index is 955. The number of thiocarbonyl (C=S) groups is 1. The van der Waals surface area contributed by atoms with E-state index >= 15 is 0 Å². The molecule has 4 nitrogen and oxygen atoms in total. The number of carbonyl (C=O) groups is 1. The Balaban J connectivity index is 2.07. The van der Waals surface area contributed by atoms with E-state index < -0.39 is 22.8 Å². The molecule has 10 heteroatoms. The molecule has 2 atom stereocenters. The molecule has 0 saturated heterocycles. The highest BCUT2D eigenvalue weighted by Gasteiger charge is 2.36. The fourth-order valence-electron chi connectivity index (χ4n) is 3.04. The second kappa shape index (κ2) is 9.45. The maximum atomic E-state index is 13.0. The van der Waals surface area contributed by atoms with Crippen LogP contribution in [0.2, 0.25) is 5.02 Å². The van der Waals surface area contributed by atoms with Crippen LogP contribution in [0.5, 0.6) is 5.75 Å². The van der Waals surface area contributed by atoms with Crippen LogP contribution in [-0.4, -0.2) is 29.2 Å². The summed E-state index contributed by atoms with van der Waals surface area (Å²) >= 11 is 12.9. The number of rotatable bonds is 5. The van der Waals surface area contributed by atoms with Crippen molar-refractivity contribution in [1.82, 2.24) is 0 Å². The number of ether oxygens (including phenoxy) is 2. The Labute approximate surface area is 186 Å². The summed E-state index contributed by atoms with van der Waals surface area (Å²) in [5.41, 5.74) is 1.54. The van der Waals surface area contributed by atoms with Gasteiger partial charge in [0.05, 0.1) is 28.5 Å². The minimum atomic E-state index is -4.85. The van der Waals surface area contributed by atoms with Gasteiger partial charge in [0.15, 0.2) is 0 Å². The van der Waals surface area contributed by atoms with Crippen molar-refractivity contribution >= 4 is 52.2 Å². The molecule has 0 spiro atoms. The molecule has 1 aliphatic rings. The maximum absolute atomic E-state index is 13.0. The minimum absolute atomic E-state index is 0.0230. The first-order chi connectivity index (χ1) is 14.2. The molecule has 0 saturated carbocycles. The van der Waals surface area contributed by atoms with E-state index in [9.17, 15) is 18.0 Å². The first-order valence-electron chi connectivity index (χ1n) is 8.94. The average molecular weight is 476 g/mol. The Hall–Kier alpha value is -1.97. The van der Waals surface area contributed by atoms with E-state index in [1.54, 1.807) is 37.3 Å². The summed E-state index contributed by atoms with van der Waals surface area (Å²) in [5.74, 6) is -0.766. The number of thioether (sulfide) groups is 1. The minimum Gasteiger partial charge on any atom is -0.466 e. The summed E-state index contributed by atoms with van der Waals surface area (Å²) in [6.45, 7) is 1.91. The lowest BCUT2D eigenvalue weighted by atomic mass is 10.0. The van der Waals surface area contributed by atoms with Gasteiger partial charge in [0.25, 0.3) is 0 Å². The first-order valence-corrected chi connectivity index (χ1v) is 10.7. The first kappa shape index (κ1) is 22.7. The predicted molar refractivity (Wildman–Crippen MR) is 115 cm³/mol. The van der Waals surface area contributed by atoms with Crippen molar-refractivity contribution in [3.05, 3.63) is 58.6 Å². The third kappa shape index (κ3) is 5.59. The SMILES string of the molecule is CCOC(=O)C[C@@H]1S[C@@H](c2ccccc2OC(F)(F)F)c2cc(Cl)ccc2NC1=S. The van der Waals surface area contributed by atoms with Gasteiger partial charge in [-0.1, -0.05) is 42.0 Å². The largest absolute Gasteiger partial charge is 0.573 e. The Morgan fingerprint density at radius 1 is 1.23 bits per heavy atom. The van der Waals surface area contributed by atoms with E-state index in [-0.39, 0.29) is 18.8 Å². The van der Waals surface area contributed by atoms with Crippen molar-refractivity contribution in [3.8, 4) is 5.75 Å². The van der Waals surface area contributed by atoms with Crippen molar-refractivity contribution in [2.45, 2.75) is 30.2 Å². The third-order valence-electron chi connectivity index (χ3n) is 4.23. The quantitative estimate of drug-likeness (QED) is 0.414. The molecule has 0 aliphatic carbocycles. The number of benzene rings is 2. The molecule has 0 amide bonds. The summed E-state index contributed by atoms with van der Waals surface area (Å²) in [7, 11) is 0. The predicted octanol–water partition coefficient (Wildman–Crippen LogP) is 6.14. The molecule has 160 valence electrons. The van der Waals surface area contributed by atoms with E-state index in [0.29, 0.717) is 26.8 Å². The highest BCUT2D eigenvalue weighted by atomic mass is 35.5. The molecule has 0 bridgehead atoms. The van der Waals surface area contributed by atoms with Gasteiger partial charge < -0.3 is 14.8 Å². The number of anilines is 1. The molecule has 0 unspecified atom stereocenters. The second-order valence-electron chi connectivity index (χ2n) is 6.32. The van der Waals surface area contributed by atoms with Gasteiger partial charge in [0, 0.05) is 16.3 Å². The van der Waals surface area contributed by atoms with Crippen molar-refractivity contribution < 1.29 is 27.4 Å². The van der Waals surface area contributed by atoms with Crippen LogP contribution in [0, 0.1) is 0 Å². The van der Waals surface area contributed by atoms with Gasteiger partial charge >= 0.3 is 12.3 Å². The van der Waals surface area contributed by atoms with Crippen LogP contribution in [-0.2, 0) is 9.53 Å². The van der Waals surface area contributed by atoms with Gasteiger partial charge in [-0.05, 0) is 36.8 Å². The molecule has 2 aromatic rings. The Kier molecular flexibility index (Phi) is 7.15. The summed E-state index contributed by atoms with van der Waals surface area (Å²) < 4.78 is 48.2. The normalized spacial score (nSPS) is 18.8. The van der Waals surface area contributed by atoms with Crippen LogP contribution in [0.1, 0.15) is 29.7 Å². The molecule has 1 N–H and O–H groups in total. The second-order valence-corrected chi connectivity index (χ2v) is 8.51. The summed E-state index contributed by atoms with van der Waals surface area (Å²) in [6.07, 6.45) is -4.87. The van der Waals surface area contributed by atoms with Crippen molar-refractivity contribution in [2.24, 2.45) is 0 Å².